The van der Waals surface area contributed by atoms with Crippen molar-refractivity contribution in [1.82, 2.24) is 15.3 Å². The lowest BCUT2D eigenvalue weighted by Gasteiger charge is -2.19. The van der Waals surface area contributed by atoms with Crippen LogP contribution in [0.2, 0.25) is 0 Å². The number of aliphatic carboxylic acids is 1. The first-order valence-electron chi connectivity index (χ1n) is 5.27. The number of carbonyl (C=O) groups is 2. The van der Waals surface area contributed by atoms with Gasteiger partial charge in [0.15, 0.2) is 0 Å². The molecule has 7 heteroatoms. The van der Waals surface area contributed by atoms with Crippen LogP contribution in [0.1, 0.15) is 30.8 Å². The van der Waals surface area contributed by atoms with E-state index in [2.05, 4.69) is 15.3 Å². The molecule has 17 heavy (non-hydrogen) atoms. The Morgan fingerprint density at radius 2 is 2.18 bits per heavy atom. The second-order valence-corrected chi connectivity index (χ2v) is 3.83. The molecule has 1 heterocycles. The number of carbonyl (C=O) groups excluding carboxylic acids is 1. The minimum absolute atomic E-state index is 0.0181. The summed E-state index contributed by atoms with van der Waals surface area (Å²) in [4.78, 5) is 37.9. The largest absolute Gasteiger partial charge is 0.480 e. The first-order valence-corrected chi connectivity index (χ1v) is 5.27. The van der Waals surface area contributed by atoms with Crippen molar-refractivity contribution in [3.63, 3.8) is 0 Å². The van der Waals surface area contributed by atoms with Crippen molar-refractivity contribution in [3.05, 3.63) is 22.4 Å². The summed E-state index contributed by atoms with van der Waals surface area (Å²) in [5.74, 6) is -1.90. The van der Waals surface area contributed by atoms with E-state index in [4.69, 9.17) is 5.11 Å². The Hall–Kier alpha value is -2.05. The fourth-order valence-corrected chi connectivity index (χ4v) is 1.36. The maximum Gasteiger partial charge on any atom is 0.326 e. The number of aromatic nitrogens is 2. The highest BCUT2D eigenvalue weighted by Crippen LogP contribution is 2.08. The van der Waals surface area contributed by atoms with Gasteiger partial charge in [-0.05, 0) is 5.92 Å². The maximum atomic E-state index is 11.6. The van der Waals surface area contributed by atoms with E-state index in [1.807, 2.05) is 6.92 Å². The van der Waals surface area contributed by atoms with Crippen molar-refractivity contribution in [2.75, 3.05) is 0 Å². The number of amides is 1. The number of hydrogen-bond acceptors (Lipinski definition) is 3. The van der Waals surface area contributed by atoms with Crippen molar-refractivity contribution in [3.8, 4) is 0 Å². The predicted octanol–water partition coefficient (Wildman–Crippen LogP) is -0.0679. The molecule has 2 unspecified atom stereocenters. The van der Waals surface area contributed by atoms with Crippen LogP contribution in [-0.2, 0) is 4.79 Å². The van der Waals surface area contributed by atoms with Crippen LogP contribution in [0.4, 0.5) is 0 Å². The summed E-state index contributed by atoms with van der Waals surface area (Å²) in [6.45, 7) is 3.57. The summed E-state index contributed by atoms with van der Waals surface area (Å²) in [7, 11) is 0. The van der Waals surface area contributed by atoms with Gasteiger partial charge in [-0.2, -0.15) is 0 Å². The van der Waals surface area contributed by atoms with E-state index in [1.54, 1.807) is 6.92 Å². The number of imidazole rings is 1. The first kappa shape index (κ1) is 13.0. The number of hydrogen-bond donors (Lipinski definition) is 4. The van der Waals surface area contributed by atoms with Gasteiger partial charge in [0.1, 0.15) is 11.7 Å². The molecule has 0 fully saturated rings. The molecule has 4 N–H and O–H groups in total. The van der Waals surface area contributed by atoms with Gasteiger partial charge in [-0.3, -0.25) is 4.79 Å². The molecule has 1 amide bonds. The normalized spacial score (nSPS) is 14.0. The first-order chi connectivity index (χ1) is 7.95. The Balaban J connectivity index is 2.77. The van der Waals surface area contributed by atoms with Gasteiger partial charge in [0, 0.05) is 6.20 Å². The molecule has 1 rings (SSSR count). The van der Waals surface area contributed by atoms with Crippen molar-refractivity contribution in [1.29, 1.82) is 0 Å². The molecular weight excluding hydrogens is 226 g/mol. The van der Waals surface area contributed by atoms with Crippen molar-refractivity contribution >= 4 is 11.9 Å². The molecule has 0 aromatic carbocycles. The van der Waals surface area contributed by atoms with Crippen molar-refractivity contribution in [2.24, 2.45) is 5.92 Å². The highest BCUT2D eigenvalue weighted by atomic mass is 16.4. The number of rotatable bonds is 5. The number of carboxylic acid groups (broad SMARTS) is 1. The lowest BCUT2D eigenvalue weighted by atomic mass is 9.99. The molecular formula is C10H15N3O4. The Morgan fingerprint density at radius 1 is 1.53 bits per heavy atom. The lowest BCUT2D eigenvalue weighted by molar-refractivity contribution is -0.140. The number of aromatic amines is 2. The van der Waals surface area contributed by atoms with E-state index in [1.165, 1.54) is 6.20 Å². The van der Waals surface area contributed by atoms with Crippen LogP contribution < -0.4 is 11.0 Å². The van der Waals surface area contributed by atoms with Gasteiger partial charge in [0.05, 0.1) is 0 Å². The van der Waals surface area contributed by atoms with Gasteiger partial charge in [-0.15, -0.1) is 0 Å². The van der Waals surface area contributed by atoms with Gasteiger partial charge < -0.3 is 20.4 Å². The van der Waals surface area contributed by atoms with E-state index in [0.717, 1.165) is 0 Å². The van der Waals surface area contributed by atoms with E-state index in [9.17, 15) is 14.4 Å². The molecule has 7 nitrogen and oxygen atoms in total. The van der Waals surface area contributed by atoms with Crippen LogP contribution >= 0.6 is 0 Å². The summed E-state index contributed by atoms with van der Waals surface area (Å²) in [6.07, 6.45) is 1.83. The Morgan fingerprint density at radius 3 is 2.59 bits per heavy atom. The van der Waals surface area contributed by atoms with Crippen LogP contribution in [0.15, 0.2) is 11.0 Å². The van der Waals surface area contributed by atoms with E-state index in [0.29, 0.717) is 6.42 Å². The van der Waals surface area contributed by atoms with E-state index < -0.39 is 23.6 Å². The average Bonchev–Trinajstić information content (AvgIpc) is 2.71. The fourth-order valence-electron chi connectivity index (χ4n) is 1.36. The van der Waals surface area contributed by atoms with Crippen molar-refractivity contribution < 1.29 is 14.7 Å². The summed E-state index contributed by atoms with van der Waals surface area (Å²) in [5, 5.41) is 11.3. The van der Waals surface area contributed by atoms with Crippen LogP contribution in [0.3, 0.4) is 0 Å². The third-order valence-corrected chi connectivity index (χ3v) is 2.61. The van der Waals surface area contributed by atoms with Crippen LogP contribution in [0.5, 0.6) is 0 Å². The van der Waals surface area contributed by atoms with Crippen LogP contribution in [-0.4, -0.2) is 33.0 Å². The number of nitrogens with one attached hydrogen (secondary N) is 3. The monoisotopic (exact) mass is 241 g/mol. The van der Waals surface area contributed by atoms with Crippen LogP contribution in [0, 0.1) is 5.92 Å². The highest BCUT2D eigenvalue weighted by Gasteiger charge is 2.26. The molecule has 0 saturated heterocycles. The minimum atomic E-state index is -1.09. The van der Waals surface area contributed by atoms with Crippen molar-refractivity contribution in [2.45, 2.75) is 26.3 Å². The molecule has 1 aromatic rings. The number of carboxylic acids is 1. The smallest absolute Gasteiger partial charge is 0.326 e. The Kier molecular flexibility index (Phi) is 4.08. The zero-order valence-electron chi connectivity index (χ0n) is 9.61. The summed E-state index contributed by atoms with van der Waals surface area (Å²) in [6, 6.07) is -0.967. The maximum absolute atomic E-state index is 11.6. The average molecular weight is 241 g/mol. The van der Waals surface area contributed by atoms with Gasteiger partial charge >= 0.3 is 11.7 Å². The molecule has 94 valence electrons. The number of H-pyrrole nitrogens is 2. The molecule has 0 bridgehead atoms. The molecule has 0 spiro atoms. The zero-order valence-corrected chi connectivity index (χ0v) is 9.61. The van der Waals surface area contributed by atoms with Gasteiger partial charge in [-0.25, -0.2) is 9.59 Å². The SMILES string of the molecule is CCC(C)C(NC(=O)c1c[nH]c(=O)[nH]1)C(=O)O. The minimum Gasteiger partial charge on any atom is -0.480 e. The van der Waals surface area contributed by atoms with Gasteiger partial charge in [0.2, 0.25) is 0 Å². The summed E-state index contributed by atoms with van der Waals surface area (Å²) >= 11 is 0. The topological polar surface area (TPSA) is 115 Å². The third kappa shape index (κ3) is 3.20. The third-order valence-electron chi connectivity index (χ3n) is 2.61. The van der Waals surface area contributed by atoms with E-state index in [-0.39, 0.29) is 11.6 Å². The summed E-state index contributed by atoms with van der Waals surface area (Å²) < 4.78 is 0. The summed E-state index contributed by atoms with van der Waals surface area (Å²) in [5.41, 5.74) is -0.491. The standard InChI is InChI=1S/C10H15N3O4/c1-3-5(2)7(9(15)16)13-8(14)6-4-11-10(17)12-6/h4-5,7H,3H2,1-2H3,(H,13,14)(H,15,16)(H2,11,12,17). The Bertz CT molecular complexity index is 462. The van der Waals surface area contributed by atoms with Crippen LogP contribution in [0.25, 0.3) is 0 Å². The fraction of sp³-hybridized carbons (Fsp3) is 0.500. The zero-order chi connectivity index (χ0) is 13.0. The second-order valence-electron chi connectivity index (χ2n) is 3.83. The second kappa shape index (κ2) is 5.33. The molecule has 0 radical (unpaired) electrons. The predicted molar refractivity (Wildman–Crippen MR) is 59.8 cm³/mol. The molecule has 0 aliphatic rings. The molecule has 0 aliphatic carbocycles. The molecule has 2 atom stereocenters. The quantitative estimate of drug-likeness (QED) is 0.577. The highest BCUT2D eigenvalue weighted by molar-refractivity contribution is 5.94. The molecule has 1 aromatic heterocycles. The lowest BCUT2D eigenvalue weighted by Crippen LogP contribution is -2.45. The molecule has 0 aliphatic heterocycles. The Labute approximate surface area is 97.2 Å². The molecule has 0 saturated carbocycles. The van der Waals surface area contributed by atoms with Gasteiger partial charge in [-0.1, -0.05) is 20.3 Å². The van der Waals surface area contributed by atoms with Gasteiger partial charge in [0.25, 0.3) is 5.91 Å². The van der Waals surface area contributed by atoms with E-state index >= 15 is 0 Å².